The molecule has 0 aliphatic heterocycles. The van der Waals surface area contributed by atoms with Crippen LogP contribution in [0.2, 0.25) is 0 Å². The molecule has 0 saturated heterocycles. The highest BCUT2D eigenvalue weighted by Crippen LogP contribution is 2.36. The summed E-state index contributed by atoms with van der Waals surface area (Å²) < 4.78 is 36.0. The van der Waals surface area contributed by atoms with Crippen molar-refractivity contribution in [3.63, 3.8) is 0 Å². The minimum Gasteiger partial charge on any atom is -0.497 e. The molecule has 0 saturated carbocycles. The summed E-state index contributed by atoms with van der Waals surface area (Å²) in [6, 6.07) is 28.9. The second-order valence-corrected chi connectivity index (χ2v) is 12.9. The van der Waals surface area contributed by atoms with Gasteiger partial charge in [-0.2, -0.15) is 0 Å². The second-order valence-electron chi connectivity index (χ2n) is 10.2. The molecule has 1 amide bonds. The van der Waals surface area contributed by atoms with E-state index in [2.05, 4.69) is 15.5 Å². The number of amides is 1. The Balaban J connectivity index is 1.43. The number of carbonyl (C=O) groups excluding carboxylic acids is 1. The molecule has 0 aliphatic carbocycles. The van der Waals surface area contributed by atoms with E-state index in [4.69, 9.17) is 4.74 Å². The predicted octanol–water partition coefficient (Wildman–Crippen LogP) is 6.48. The number of hydrogen-bond acceptors (Lipinski definition) is 7. The lowest BCUT2D eigenvalue weighted by Crippen LogP contribution is -2.15. The Morgan fingerprint density at radius 1 is 0.909 bits per heavy atom. The molecule has 0 aliphatic rings. The molecule has 6 aromatic rings. The van der Waals surface area contributed by atoms with Crippen LogP contribution in [-0.4, -0.2) is 45.9 Å². The number of nitrogens with one attached hydrogen (secondary N) is 1. The molecule has 222 valence electrons. The maximum absolute atomic E-state index is 13.8. The topological polar surface area (TPSA) is 108 Å². The van der Waals surface area contributed by atoms with Crippen molar-refractivity contribution in [2.75, 3.05) is 18.2 Å². The highest BCUT2D eigenvalue weighted by atomic mass is 32.2. The van der Waals surface area contributed by atoms with Crippen molar-refractivity contribution < 1.29 is 17.9 Å². The van der Waals surface area contributed by atoms with Gasteiger partial charge in [-0.05, 0) is 73.5 Å². The number of aryl methyl sites for hydroxylation is 2. The molecule has 11 heteroatoms. The van der Waals surface area contributed by atoms with Gasteiger partial charge in [0.1, 0.15) is 5.75 Å². The third kappa shape index (κ3) is 5.59. The number of methoxy groups -OCH3 is 1. The summed E-state index contributed by atoms with van der Waals surface area (Å²) >= 11 is 1.24. The minimum atomic E-state index is -3.91. The van der Waals surface area contributed by atoms with Crippen LogP contribution in [0.1, 0.15) is 11.1 Å². The average Bonchev–Trinajstić information content (AvgIpc) is 3.64. The molecular weight excluding hydrogens is 595 g/mol. The van der Waals surface area contributed by atoms with Crippen molar-refractivity contribution in [3.8, 4) is 22.8 Å². The normalized spacial score (nSPS) is 11.5. The quantitative estimate of drug-likeness (QED) is 0.184. The zero-order valence-electron chi connectivity index (χ0n) is 24.3. The van der Waals surface area contributed by atoms with Crippen molar-refractivity contribution in [2.45, 2.75) is 23.9 Å². The van der Waals surface area contributed by atoms with Crippen LogP contribution in [0, 0.1) is 13.8 Å². The molecule has 0 fully saturated rings. The van der Waals surface area contributed by atoms with Gasteiger partial charge in [0.25, 0.3) is 10.0 Å². The first kappa shape index (κ1) is 29.2. The Labute approximate surface area is 259 Å². The summed E-state index contributed by atoms with van der Waals surface area (Å²) in [5.41, 5.74) is 4.61. The van der Waals surface area contributed by atoms with E-state index in [0.717, 1.165) is 22.5 Å². The van der Waals surface area contributed by atoms with Crippen LogP contribution in [-0.2, 0) is 14.8 Å². The zero-order valence-corrected chi connectivity index (χ0v) is 25.9. The molecule has 44 heavy (non-hydrogen) atoms. The zero-order chi connectivity index (χ0) is 30.8. The number of anilines is 1. The maximum atomic E-state index is 13.8. The standard InChI is InChI=1S/C33H29N5O4S2/c1-22-13-14-23(2)29(19-22)34-31(39)21-43-33-36-35-32(38(33)24-15-17-25(42-3)18-16-24)28-20-37(30-12-8-7-11-27(28)30)44(40,41)26-9-5-4-6-10-26/h4-20H,21H2,1-3H3,(H,34,39). The monoisotopic (exact) mass is 623 g/mol. The number of fused-ring (bicyclic) bond motifs is 1. The van der Waals surface area contributed by atoms with Gasteiger partial charge >= 0.3 is 0 Å². The van der Waals surface area contributed by atoms with E-state index in [-0.39, 0.29) is 16.6 Å². The van der Waals surface area contributed by atoms with Gasteiger partial charge in [0.2, 0.25) is 5.91 Å². The van der Waals surface area contributed by atoms with E-state index in [1.54, 1.807) is 55.8 Å². The van der Waals surface area contributed by atoms with Crippen molar-refractivity contribution >= 4 is 44.3 Å². The predicted molar refractivity (Wildman–Crippen MR) is 173 cm³/mol. The second kappa shape index (κ2) is 12.0. The highest BCUT2D eigenvalue weighted by Gasteiger charge is 2.25. The Morgan fingerprint density at radius 2 is 1.64 bits per heavy atom. The maximum Gasteiger partial charge on any atom is 0.268 e. The van der Waals surface area contributed by atoms with Crippen LogP contribution in [0.3, 0.4) is 0 Å². The summed E-state index contributed by atoms with van der Waals surface area (Å²) in [5, 5.41) is 13.2. The Kier molecular flexibility index (Phi) is 7.98. The largest absolute Gasteiger partial charge is 0.497 e. The number of benzene rings is 4. The summed E-state index contributed by atoms with van der Waals surface area (Å²) in [5.74, 6) is 1.02. The SMILES string of the molecule is COc1ccc(-n2c(SCC(=O)Nc3cc(C)ccc3C)nnc2-c2cn(S(=O)(=O)c3ccccc3)c3ccccc23)cc1. The summed E-state index contributed by atoms with van der Waals surface area (Å²) in [6.07, 6.45) is 1.58. The number of thioether (sulfide) groups is 1. The number of carbonyl (C=O) groups is 1. The third-order valence-corrected chi connectivity index (χ3v) is 9.80. The van der Waals surface area contributed by atoms with E-state index < -0.39 is 10.0 Å². The Bertz CT molecular complexity index is 2090. The van der Waals surface area contributed by atoms with Gasteiger partial charge in [-0.1, -0.05) is 60.3 Å². The number of aromatic nitrogens is 4. The number of ether oxygens (including phenoxy) is 1. The van der Waals surface area contributed by atoms with Gasteiger partial charge in [-0.15, -0.1) is 10.2 Å². The molecular formula is C33H29N5O4S2. The Morgan fingerprint density at radius 3 is 2.39 bits per heavy atom. The van der Waals surface area contributed by atoms with Crippen LogP contribution < -0.4 is 10.1 Å². The molecule has 0 bridgehead atoms. The van der Waals surface area contributed by atoms with E-state index >= 15 is 0 Å². The number of hydrogen-bond donors (Lipinski definition) is 1. The fourth-order valence-electron chi connectivity index (χ4n) is 4.92. The van der Waals surface area contributed by atoms with Gasteiger partial charge in [0.05, 0.1) is 23.3 Å². The lowest BCUT2D eigenvalue weighted by molar-refractivity contribution is -0.113. The van der Waals surface area contributed by atoms with Crippen molar-refractivity contribution in [1.82, 2.24) is 18.7 Å². The molecule has 4 aromatic carbocycles. The first-order valence-electron chi connectivity index (χ1n) is 13.8. The molecule has 1 N–H and O–H groups in total. The molecule has 9 nitrogen and oxygen atoms in total. The molecule has 2 heterocycles. The number of para-hydroxylation sites is 1. The van der Waals surface area contributed by atoms with Gasteiger partial charge in [-0.3, -0.25) is 9.36 Å². The lowest BCUT2D eigenvalue weighted by Gasteiger charge is -2.12. The van der Waals surface area contributed by atoms with Crippen LogP contribution in [0.25, 0.3) is 28.0 Å². The molecule has 2 aromatic heterocycles. The minimum absolute atomic E-state index is 0.0891. The number of nitrogens with zero attached hydrogens (tertiary/aromatic N) is 4. The molecule has 0 unspecified atom stereocenters. The van der Waals surface area contributed by atoms with E-state index in [1.165, 1.54) is 15.7 Å². The molecule has 6 rings (SSSR count). The summed E-state index contributed by atoms with van der Waals surface area (Å²) in [4.78, 5) is 13.2. The number of rotatable bonds is 9. The van der Waals surface area contributed by atoms with Crippen LogP contribution in [0.4, 0.5) is 5.69 Å². The summed E-state index contributed by atoms with van der Waals surface area (Å²) in [7, 11) is -2.31. The van der Waals surface area contributed by atoms with Crippen LogP contribution >= 0.6 is 11.8 Å². The van der Waals surface area contributed by atoms with E-state index in [1.807, 2.05) is 73.0 Å². The van der Waals surface area contributed by atoms with Crippen molar-refractivity contribution in [2.24, 2.45) is 0 Å². The highest BCUT2D eigenvalue weighted by molar-refractivity contribution is 7.99. The fraction of sp³-hybridized carbons (Fsp3) is 0.121. The van der Waals surface area contributed by atoms with Crippen molar-refractivity contribution in [1.29, 1.82) is 0 Å². The first-order valence-corrected chi connectivity index (χ1v) is 16.2. The fourth-order valence-corrected chi connectivity index (χ4v) is 7.06. The Hall–Kier alpha value is -4.87. The van der Waals surface area contributed by atoms with Crippen LogP contribution in [0.15, 0.2) is 113 Å². The van der Waals surface area contributed by atoms with Gasteiger partial charge < -0.3 is 10.1 Å². The van der Waals surface area contributed by atoms with E-state index in [9.17, 15) is 13.2 Å². The van der Waals surface area contributed by atoms with Crippen molar-refractivity contribution in [3.05, 3.63) is 114 Å². The van der Waals surface area contributed by atoms with Crippen LogP contribution in [0.5, 0.6) is 5.75 Å². The smallest absolute Gasteiger partial charge is 0.268 e. The summed E-state index contributed by atoms with van der Waals surface area (Å²) in [6.45, 7) is 3.92. The van der Waals surface area contributed by atoms with Gasteiger partial charge in [0.15, 0.2) is 11.0 Å². The van der Waals surface area contributed by atoms with Gasteiger partial charge in [-0.25, -0.2) is 12.4 Å². The van der Waals surface area contributed by atoms with E-state index in [0.29, 0.717) is 33.2 Å². The first-order chi connectivity index (χ1) is 21.3. The van der Waals surface area contributed by atoms with Gasteiger partial charge in [0, 0.05) is 28.5 Å². The lowest BCUT2D eigenvalue weighted by atomic mass is 10.1. The molecule has 0 spiro atoms. The average molecular weight is 624 g/mol. The third-order valence-electron chi connectivity index (χ3n) is 7.18. The molecule has 0 atom stereocenters. The molecule has 0 radical (unpaired) electrons.